The summed E-state index contributed by atoms with van der Waals surface area (Å²) >= 11 is 0. The van der Waals surface area contributed by atoms with Crippen molar-refractivity contribution in [2.75, 3.05) is 20.2 Å². The monoisotopic (exact) mass is 161 g/mol. The van der Waals surface area contributed by atoms with E-state index in [1.807, 2.05) is 18.9 Å². The molecule has 0 amide bonds. The Morgan fingerprint density at radius 3 is 2.55 bits per heavy atom. The van der Waals surface area contributed by atoms with Crippen LogP contribution in [0.3, 0.4) is 0 Å². The van der Waals surface area contributed by atoms with Crippen LogP contribution in [0.15, 0.2) is 0 Å². The number of halogens is 1. The molecule has 0 aromatic carbocycles. The predicted octanol–water partition coefficient (Wildman–Crippen LogP) is 0.801. The first-order valence-corrected chi connectivity index (χ1v) is 4.11. The van der Waals surface area contributed by atoms with Crippen molar-refractivity contribution in [2.45, 2.75) is 31.5 Å². The number of rotatable bonds is 2. The van der Waals surface area contributed by atoms with E-state index in [1.54, 1.807) is 0 Å². The molecule has 0 bridgehead atoms. The number of likely N-dealkylation sites (tertiary alicyclic amines) is 1. The number of hydrogen-bond acceptors (Lipinski definition) is 2. The van der Waals surface area contributed by atoms with E-state index in [9.17, 15) is 4.39 Å². The van der Waals surface area contributed by atoms with Crippen LogP contribution in [0.25, 0.3) is 0 Å². The first kappa shape index (κ1) is 8.94. The Balaban J connectivity index is 2.67. The van der Waals surface area contributed by atoms with Crippen LogP contribution in [-0.4, -0.2) is 41.9 Å². The standard InChI is InChI=1S/C8H16FNO/c1-3-8(6-11)4-7(9)5-10(8)2/h7,11H,3-6H2,1-2H3. The first-order valence-electron chi connectivity index (χ1n) is 4.11. The lowest BCUT2D eigenvalue weighted by atomic mass is 9.94. The summed E-state index contributed by atoms with van der Waals surface area (Å²) in [7, 11) is 1.87. The van der Waals surface area contributed by atoms with Crippen molar-refractivity contribution in [3.63, 3.8) is 0 Å². The van der Waals surface area contributed by atoms with Crippen LogP contribution >= 0.6 is 0 Å². The molecule has 1 aliphatic heterocycles. The van der Waals surface area contributed by atoms with Crippen LogP contribution in [0.1, 0.15) is 19.8 Å². The number of nitrogens with zero attached hydrogens (tertiary/aromatic N) is 1. The van der Waals surface area contributed by atoms with Crippen LogP contribution < -0.4 is 0 Å². The topological polar surface area (TPSA) is 23.5 Å². The molecule has 2 nitrogen and oxygen atoms in total. The summed E-state index contributed by atoms with van der Waals surface area (Å²) in [5, 5.41) is 9.10. The summed E-state index contributed by atoms with van der Waals surface area (Å²) in [5.74, 6) is 0. The van der Waals surface area contributed by atoms with E-state index in [2.05, 4.69) is 0 Å². The van der Waals surface area contributed by atoms with Crippen molar-refractivity contribution in [1.29, 1.82) is 0 Å². The van der Waals surface area contributed by atoms with Gasteiger partial charge in [0.15, 0.2) is 0 Å². The predicted molar refractivity (Wildman–Crippen MR) is 42.3 cm³/mol. The third-order valence-corrected chi connectivity index (χ3v) is 2.84. The van der Waals surface area contributed by atoms with Crippen molar-refractivity contribution >= 4 is 0 Å². The van der Waals surface area contributed by atoms with E-state index < -0.39 is 6.17 Å². The lowest BCUT2D eigenvalue weighted by Gasteiger charge is -2.32. The number of aliphatic hydroxyl groups excluding tert-OH is 1. The molecule has 0 aromatic heterocycles. The van der Waals surface area contributed by atoms with Crippen molar-refractivity contribution in [1.82, 2.24) is 4.90 Å². The second-order valence-electron chi connectivity index (χ2n) is 3.42. The van der Waals surface area contributed by atoms with Crippen molar-refractivity contribution in [3.8, 4) is 0 Å². The van der Waals surface area contributed by atoms with Crippen molar-refractivity contribution in [2.24, 2.45) is 0 Å². The SMILES string of the molecule is CCC1(CO)CC(F)CN1C. The third-order valence-electron chi connectivity index (χ3n) is 2.84. The van der Waals surface area contributed by atoms with Gasteiger partial charge < -0.3 is 5.11 Å². The molecule has 0 saturated carbocycles. The molecule has 1 saturated heterocycles. The van der Waals surface area contributed by atoms with Gasteiger partial charge in [-0.25, -0.2) is 4.39 Å². The van der Waals surface area contributed by atoms with Gasteiger partial charge in [-0.2, -0.15) is 0 Å². The van der Waals surface area contributed by atoms with Crippen LogP contribution in [0.5, 0.6) is 0 Å². The average molecular weight is 161 g/mol. The Hall–Kier alpha value is -0.150. The van der Waals surface area contributed by atoms with Gasteiger partial charge >= 0.3 is 0 Å². The molecule has 2 atom stereocenters. The first-order chi connectivity index (χ1) is 5.14. The zero-order chi connectivity index (χ0) is 8.48. The largest absolute Gasteiger partial charge is 0.394 e. The van der Waals surface area contributed by atoms with Gasteiger partial charge in [0.2, 0.25) is 0 Å². The molecule has 0 radical (unpaired) electrons. The second-order valence-corrected chi connectivity index (χ2v) is 3.42. The van der Waals surface area contributed by atoms with E-state index in [4.69, 9.17) is 5.11 Å². The smallest absolute Gasteiger partial charge is 0.115 e. The summed E-state index contributed by atoms with van der Waals surface area (Å²) in [5.41, 5.74) is -0.278. The van der Waals surface area contributed by atoms with Gasteiger partial charge in [0.1, 0.15) is 6.17 Å². The molecular weight excluding hydrogens is 145 g/mol. The maximum absolute atomic E-state index is 12.9. The number of likely N-dealkylation sites (N-methyl/N-ethyl adjacent to an activating group) is 1. The molecule has 1 rings (SSSR count). The van der Waals surface area contributed by atoms with Crippen LogP contribution in [0.4, 0.5) is 4.39 Å². The number of hydrogen-bond donors (Lipinski definition) is 1. The van der Waals surface area contributed by atoms with Gasteiger partial charge in [0, 0.05) is 18.5 Å². The fraction of sp³-hybridized carbons (Fsp3) is 1.00. The average Bonchev–Trinajstić information content (AvgIpc) is 2.27. The quantitative estimate of drug-likeness (QED) is 0.647. The Labute approximate surface area is 67.0 Å². The zero-order valence-electron chi connectivity index (χ0n) is 7.18. The zero-order valence-corrected chi connectivity index (χ0v) is 7.18. The Bertz CT molecular complexity index is 136. The van der Waals surface area contributed by atoms with E-state index in [1.165, 1.54) is 0 Å². The van der Waals surface area contributed by atoms with E-state index in [-0.39, 0.29) is 12.1 Å². The lowest BCUT2D eigenvalue weighted by molar-refractivity contribution is 0.0801. The van der Waals surface area contributed by atoms with Gasteiger partial charge in [-0.1, -0.05) is 6.92 Å². The van der Waals surface area contributed by atoms with Crippen LogP contribution in [0, 0.1) is 0 Å². The van der Waals surface area contributed by atoms with E-state index >= 15 is 0 Å². The summed E-state index contributed by atoms with van der Waals surface area (Å²) in [6, 6.07) is 0. The molecule has 1 N–H and O–H groups in total. The fourth-order valence-electron chi connectivity index (χ4n) is 1.83. The Morgan fingerprint density at radius 2 is 2.36 bits per heavy atom. The molecule has 0 spiro atoms. The molecule has 1 fully saturated rings. The highest BCUT2D eigenvalue weighted by Crippen LogP contribution is 2.31. The fourth-order valence-corrected chi connectivity index (χ4v) is 1.83. The van der Waals surface area contributed by atoms with Crippen LogP contribution in [0.2, 0.25) is 0 Å². The lowest BCUT2D eigenvalue weighted by Crippen LogP contribution is -2.43. The molecule has 11 heavy (non-hydrogen) atoms. The second kappa shape index (κ2) is 3.07. The molecule has 2 unspecified atom stereocenters. The van der Waals surface area contributed by atoms with Gasteiger partial charge in [-0.3, -0.25) is 4.90 Å². The van der Waals surface area contributed by atoms with Gasteiger partial charge in [0.25, 0.3) is 0 Å². The van der Waals surface area contributed by atoms with Gasteiger partial charge in [0.05, 0.1) is 6.61 Å². The summed E-state index contributed by atoms with van der Waals surface area (Å²) in [6.45, 7) is 2.53. The summed E-state index contributed by atoms with van der Waals surface area (Å²) < 4.78 is 12.9. The molecule has 0 aromatic rings. The highest BCUT2D eigenvalue weighted by atomic mass is 19.1. The minimum absolute atomic E-state index is 0.0699. The Morgan fingerprint density at radius 1 is 1.73 bits per heavy atom. The number of aliphatic hydroxyl groups is 1. The molecule has 1 heterocycles. The maximum atomic E-state index is 12.9. The molecule has 0 aliphatic carbocycles. The van der Waals surface area contributed by atoms with Crippen molar-refractivity contribution in [3.05, 3.63) is 0 Å². The van der Waals surface area contributed by atoms with Crippen LogP contribution in [-0.2, 0) is 0 Å². The Kier molecular flexibility index (Phi) is 2.50. The van der Waals surface area contributed by atoms with Gasteiger partial charge in [-0.05, 0) is 13.5 Å². The third kappa shape index (κ3) is 1.40. The normalized spacial score (nSPS) is 39.8. The van der Waals surface area contributed by atoms with Gasteiger partial charge in [-0.15, -0.1) is 0 Å². The maximum Gasteiger partial charge on any atom is 0.115 e. The molecule has 3 heteroatoms. The highest BCUT2D eigenvalue weighted by Gasteiger charge is 2.41. The van der Waals surface area contributed by atoms with E-state index in [0.29, 0.717) is 13.0 Å². The molecular formula is C8H16FNO. The van der Waals surface area contributed by atoms with E-state index in [0.717, 1.165) is 6.42 Å². The molecule has 1 aliphatic rings. The van der Waals surface area contributed by atoms with Crippen molar-refractivity contribution < 1.29 is 9.50 Å². The summed E-state index contributed by atoms with van der Waals surface area (Å²) in [6.07, 6.45) is 0.545. The highest BCUT2D eigenvalue weighted by molar-refractivity contribution is 4.96. The number of alkyl halides is 1. The minimum atomic E-state index is -0.757. The summed E-state index contributed by atoms with van der Waals surface area (Å²) in [4.78, 5) is 1.93. The minimum Gasteiger partial charge on any atom is -0.394 e. The molecule has 66 valence electrons.